The van der Waals surface area contributed by atoms with Gasteiger partial charge in [0, 0.05) is 24.4 Å². The van der Waals surface area contributed by atoms with Gasteiger partial charge in [-0.05, 0) is 23.4 Å². The molecule has 2 N–H and O–H groups in total. The Kier molecular flexibility index (Phi) is 3.57. The fourth-order valence-corrected chi connectivity index (χ4v) is 1.73. The predicted molar refractivity (Wildman–Crippen MR) is 75.9 cm³/mol. The van der Waals surface area contributed by atoms with E-state index in [1.807, 2.05) is 30.3 Å². The van der Waals surface area contributed by atoms with Gasteiger partial charge in [0.2, 0.25) is 17.6 Å². The Morgan fingerprint density at radius 2 is 2.27 bits per heavy atom. The number of nitrogens with one attached hydrogen (secondary N) is 2. The maximum absolute atomic E-state index is 9.10. The summed E-state index contributed by atoms with van der Waals surface area (Å²) in [6.07, 6.45) is 1.50. The monoisotopic (exact) mass is 294 g/mol. The quantitative estimate of drug-likeness (QED) is 0.693. The summed E-state index contributed by atoms with van der Waals surface area (Å²) in [4.78, 5) is 0. The van der Waals surface area contributed by atoms with E-state index in [0.717, 1.165) is 11.3 Å². The molecule has 22 heavy (non-hydrogen) atoms. The van der Waals surface area contributed by atoms with Crippen molar-refractivity contribution in [3.63, 3.8) is 0 Å². The van der Waals surface area contributed by atoms with Crippen LogP contribution >= 0.6 is 0 Å². The van der Waals surface area contributed by atoms with E-state index in [2.05, 4.69) is 36.1 Å². The van der Waals surface area contributed by atoms with Crippen LogP contribution in [0.3, 0.4) is 0 Å². The Bertz CT molecular complexity index is 843. The summed E-state index contributed by atoms with van der Waals surface area (Å²) in [7, 11) is 0. The molecule has 2 heterocycles. The molecule has 9 nitrogen and oxygen atoms in total. The molecule has 3 rings (SSSR count). The first-order valence-corrected chi connectivity index (χ1v) is 6.27. The number of nitrogens with zero attached hydrogens (tertiary/aromatic N) is 6. The predicted octanol–water partition coefficient (Wildman–Crippen LogP) is 1.53. The summed E-state index contributed by atoms with van der Waals surface area (Å²) >= 11 is 0. The number of anilines is 1. The van der Waals surface area contributed by atoms with Crippen LogP contribution in [0.1, 0.15) is 11.7 Å². The van der Waals surface area contributed by atoms with Gasteiger partial charge in [-0.25, -0.2) is 0 Å². The lowest BCUT2D eigenvalue weighted by molar-refractivity contribution is 0.533. The van der Waals surface area contributed by atoms with Gasteiger partial charge in [-0.3, -0.25) is 0 Å². The minimum Gasteiger partial charge on any atom is -0.421 e. The molecule has 0 atom stereocenters. The molecule has 0 aliphatic carbocycles. The lowest BCUT2D eigenvalue weighted by Gasteiger charge is -2.02. The van der Waals surface area contributed by atoms with Crippen LogP contribution in [0.25, 0.3) is 17.0 Å². The normalized spacial score (nSPS) is 11.2. The summed E-state index contributed by atoms with van der Waals surface area (Å²) in [5.74, 6) is 1.15. The number of tetrazole rings is 1. The third-order valence-corrected chi connectivity index (χ3v) is 2.73. The van der Waals surface area contributed by atoms with Crippen molar-refractivity contribution in [3.05, 3.63) is 42.2 Å². The van der Waals surface area contributed by atoms with Gasteiger partial charge in [0.25, 0.3) is 0 Å². The van der Waals surface area contributed by atoms with Crippen LogP contribution in [0.4, 0.5) is 5.69 Å². The van der Waals surface area contributed by atoms with Crippen molar-refractivity contribution in [3.8, 4) is 17.5 Å². The van der Waals surface area contributed by atoms with Gasteiger partial charge in [-0.1, -0.05) is 6.07 Å². The summed E-state index contributed by atoms with van der Waals surface area (Å²) in [6.45, 7) is 1.73. The molecule has 9 heteroatoms. The lowest BCUT2D eigenvalue weighted by Crippen LogP contribution is -1.93. The number of benzene rings is 1. The largest absolute Gasteiger partial charge is 0.421 e. The lowest BCUT2D eigenvalue weighted by atomic mass is 10.2. The molecule has 0 amide bonds. The smallest absolute Gasteiger partial charge is 0.247 e. The topological polar surface area (TPSA) is 129 Å². The van der Waals surface area contributed by atoms with E-state index in [-0.39, 0.29) is 11.4 Å². The number of rotatable bonds is 4. The highest BCUT2D eigenvalue weighted by Gasteiger charge is 2.07. The Labute approximate surface area is 124 Å². The second-order valence-electron chi connectivity index (χ2n) is 4.26. The van der Waals surface area contributed by atoms with Crippen molar-refractivity contribution in [2.24, 2.45) is 0 Å². The summed E-state index contributed by atoms with van der Waals surface area (Å²) in [5.41, 5.74) is 1.79. The number of hydrogen-bond donors (Lipinski definition) is 2. The Balaban J connectivity index is 1.83. The summed E-state index contributed by atoms with van der Waals surface area (Å²) in [5, 5.41) is 33.1. The van der Waals surface area contributed by atoms with Crippen molar-refractivity contribution >= 4 is 11.3 Å². The average molecular weight is 294 g/mol. The van der Waals surface area contributed by atoms with Crippen LogP contribution in [0.2, 0.25) is 0 Å². The Morgan fingerprint density at radius 1 is 1.36 bits per heavy atom. The van der Waals surface area contributed by atoms with Crippen LogP contribution in [0.5, 0.6) is 0 Å². The van der Waals surface area contributed by atoms with Crippen molar-refractivity contribution in [2.75, 3.05) is 5.32 Å². The molecule has 0 fully saturated rings. The molecule has 0 spiro atoms. The van der Waals surface area contributed by atoms with E-state index in [4.69, 9.17) is 9.68 Å². The molecular weight excluding hydrogens is 284 g/mol. The second-order valence-corrected chi connectivity index (χ2v) is 4.26. The number of hydrogen-bond acceptors (Lipinski definition) is 8. The Morgan fingerprint density at radius 3 is 2.95 bits per heavy atom. The zero-order valence-electron chi connectivity index (χ0n) is 11.5. The Hall–Kier alpha value is -3.54. The summed E-state index contributed by atoms with van der Waals surface area (Å²) in [6, 6.07) is 9.36. The van der Waals surface area contributed by atoms with E-state index in [1.165, 1.54) is 6.20 Å². The third-order valence-electron chi connectivity index (χ3n) is 2.73. The van der Waals surface area contributed by atoms with E-state index in [1.54, 1.807) is 6.92 Å². The molecule has 0 bridgehead atoms. The molecule has 2 aromatic heterocycles. The molecule has 0 saturated carbocycles. The highest BCUT2D eigenvalue weighted by atomic mass is 16.4. The number of aromatic amines is 1. The first-order valence-electron chi connectivity index (χ1n) is 6.27. The maximum atomic E-state index is 9.10. The number of aromatic nitrogens is 6. The third kappa shape index (κ3) is 2.80. The van der Waals surface area contributed by atoms with Crippen molar-refractivity contribution in [1.29, 1.82) is 5.26 Å². The molecule has 3 aromatic rings. The molecule has 1 aromatic carbocycles. The van der Waals surface area contributed by atoms with E-state index in [9.17, 15) is 0 Å². The van der Waals surface area contributed by atoms with E-state index in [0.29, 0.717) is 11.8 Å². The van der Waals surface area contributed by atoms with Crippen molar-refractivity contribution in [1.82, 2.24) is 30.8 Å². The SMILES string of the molecule is Cc1nnc(-c2cccc(NC=C(C#N)c3nn[nH]n3)c2)o1. The second kappa shape index (κ2) is 5.84. The molecule has 0 aliphatic rings. The summed E-state index contributed by atoms with van der Waals surface area (Å²) < 4.78 is 5.38. The first kappa shape index (κ1) is 13.4. The zero-order valence-corrected chi connectivity index (χ0v) is 11.5. The minimum atomic E-state index is 0.221. The van der Waals surface area contributed by atoms with Crippen molar-refractivity contribution < 1.29 is 4.42 Å². The van der Waals surface area contributed by atoms with Crippen LogP contribution in [-0.4, -0.2) is 30.8 Å². The first-order chi connectivity index (χ1) is 10.8. The van der Waals surface area contributed by atoms with Crippen LogP contribution in [0.15, 0.2) is 34.9 Å². The van der Waals surface area contributed by atoms with Crippen LogP contribution < -0.4 is 5.32 Å². The van der Waals surface area contributed by atoms with E-state index >= 15 is 0 Å². The fourth-order valence-electron chi connectivity index (χ4n) is 1.73. The van der Waals surface area contributed by atoms with Gasteiger partial charge < -0.3 is 9.73 Å². The molecule has 0 aliphatic heterocycles. The number of H-pyrrole nitrogens is 1. The highest BCUT2D eigenvalue weighted by Crippen LogP contribution is 2.21. The molecule has 0 radical (unpaired) electrons. The minimum absolute atomic E-state index is 0.221. The highest BCUT2D eigenvalue weighted by molar-refractivity contribution is 5.74. The number of nitriles is 1. The van der Waals surface area contributed by atoms with Crippen LogP contribution in [0, 0.1) is 18.3 Å². The number of aryl methyl sites for hydroxylation is 1. The van der Waals surface area contributed by atoms with Gasteiger partial charge in [0.15, 0.2) is 0 Å². The van der Waals surface area contributed by atoms with Gasteiger partial charge in [-0.2, -0.15) is 10.5 Å². The zero-order chi connectivity index (χ0) is 15.4. The standard InChI is InChI=1S/C13H10N8O/c1-8-16-19-13(22-8)9-3-2-4-11(5-9)15-7-10(6-14)12-17-20-21-18-12/h2-5,7,15H,1H3,(H,17,18,20,21). The average Bonchev–Trinajstić information content (AvgIpc) is 3.20. The fraction of sp³-hybridized carbons (Fsp3) is 0.0769. The molecular formula is C13H10N8O. The van der Waals surface area contributed by atoms with Gasteiger partial charge in [0.1, 0.15) is 11.6 Å². The van der Waals surface area contributed by atoms with Gasteiger partial charge in [-0.15, -0.1) is 20.4 Å². The molecule has 0 unspecified atom stereocenters. The number of allylic oxidation sites excluding steroid dienone is 1. The van der Waals surface area contributed by atoms with Gasteiger partial charge >= 0.3 is 0 Å². The van der Waals surface area contributed by atoms with Crippen molar-refractivity contribution in [2.45, 2.75) is 6.92 Å². The molecule has 108 valence electrons. The maximum Gasteiger partial charge on any atom is 0.247 e. The van der Waals surface area contributed by atoms with Crippen LogP contribution in [-0.2, 0) is 0 Å². The van der Waals surface area contributed by atoms with Gasteiger partial charge in [0.05, 0.1) is 0 Å². The molecule has 0 saturated heterocycles. The van der Waals surface area contributed by atoms with E-state index < -0.39 is 0 Å².